The minimum atomic E-state index is -2.05. The molecular weight excluding hydrogens is 538 g/mol. The van der Waals surface area contributed by atoms with E-state index >= 15 is 0 Å². The summed E-state index contributed by atoms with van der Waals surface area (Å²) in [5.41, 5.74) is 1.98. The molecule has 2 aromatic carbocycles. The number of H-pyrrole nitrogens is 1. The molecule has 214 valence electrons. The number of aromatic amines is 1. The molecule has 4 aromatic rings. The molecule has 4 heterocycles. The van der Waals surface area contributed by atoms with Crippen molar-refractivity contribution in [2.24, 2.45) is 4.99 Å². The predicted octanol–water partition coefficient (Wildman–Crippen LogP) is 5.27. The van der Waals surface area contributed by atoms with Gasteiger partial charge in [-0.2, -0.15) is 4.98 Å². The zero-order valence-corrected chi connectivity index (χ0v) is 24.9. The van der Waals surface area contributed by atoms with Gasteiger partial charge in [0.05, 0.1) is 12.9 Å². The van der Waals surface area contributed by atoms with Gasteiger partial charge in [-0.1, -0.05) is 81.4 Å². The van der Waals surface area contributed by atoms with Gasteiger partial charge in [-0.15, -0.1) is 0 Å². The molecule has 11 heteroatoms. The smallest absolute Gasteiger partial charge is 0.280 e. The first kappa shape index (κ1) is 27.7. The normalized spacial score (nSPS) is 24.9. The van der Waals surface area contributed by atoms with E-state index in [-0.39, 0.29) is 34.3 Å². The molecule has 2 aromatic heterocycles. The number of benzene rings is 2. The molecule has 2 fully saturated rings. The summed E-state index contributed by atoms with van der Waals surface area (Å²) in [7, 11) is -2.05. The summed E-state index contributed by atoms with van der Waals surface area (Å²) in [4.78, 5) is 29.0. The van der Waals surface area contributed by atoms with Crippen LogP contribution in [-0.4, -0.2) is 59.0 Å². The number of nitrogens with zero attached hydrogens (tertiary/aromatic N) is 4. The zero-order valence-electron chi connectivity index (χ0n) is 23.9. The molecule has 0 aliphatic carbocycles. The SMILES string of the molecule is CC(C)(C)[Si](C)(C)OC[C@H]1O[C@@H](n2cnc3c(=O)[nH]c(/N=C/c4ccccc4)nc32)[C@@H]2OC(c3ccccc3)O[C@@H]21. The van der Waals surface area contributed by atoms with Crippen LogP contribution in [0.1, 0.15) is 44.4 Å². The number of hydrogen-bond acceptors (Lipinski definition) is 8. The number of imidazole rings is 1. The highest BCUT2D eigenvalue weighted by atomic mass is 28.4. The van der Waals surface area contributed by atoms with Crippen LogP contribution in [0.2, 0.25) is 18.1 Å². The van der Waals surface area contributed by atoms with Crippen LogP contribution in [0, 0.1) is 0 Å². The molecule has 0 bridgehead atoms. The average molecular weight is 574 g/mol. The first-order valence-electron chi connectivity index (χ1n) is 13.8. The monoisotopic (exact) mass is 573 g/mol. The third-order valence-corrected chi connectivity index (χ3v) is 12.7. The van der Waals surface area contributed by atoms with Gasteiger partial charge in [-0.25, -0.2) is 9.98 Å². The van der Waals surface area contributed by atoms with Gasteiger partial charge in [0, 0.05) is 11.8 Å². The van der Waals surface area contributed by atoms with Crippen molar-refractivity contribution in [3.8, 4) is 0 Å². The van der Waals surface area contributed by atoms with E-state index < -0.39 is 26.9 Å². The Hall–Kier alpha value is -3.48. The largest absolute Gasteiger partial charge is 0.414 e. The molecule has 0 saturated carbocycles. The maximum absolute atomic E-state index is 12.9. The molecule has 1 N–H and O–H groups in total. The Morgan fingerprint density at radius 3 is 2.41 bits per heavy atom. The van der Waals surface area contributed by atoms with Crippen LogP contribution in [0.15, 0.2) is 76.8 Å². The standard InChI is InChI=1S/C30H35N5O5Si/c1-30(2,3)41(4,5)37-17-21-23-24(40-28(39-23)20-14-10-7-11-15-20)27(38-21)35-18-32-22-25(35)33-29(34-26(22)36)31-16-19-12-8-6-9-13-19/h6-16,18,21,23-24,27-28H,17H2,1-5H3,(H,33,34,36)/b31-16+/t21-,23-,24-,27-,28?/m1/s1. The van der Waals surface area contributed by atoms with Gasteiger partial charge >= 0.3 is 0 Å². The second-order valence-electron chi connectivity index (χ2n) is 12.0. The molecule has 6 rings (SSSR count). The van der Waals surface area contributed by atoms with Crippen LogP contribution in [0.5, 0.6) is 0 Å². The van der Waals surface area contributed by atoms with E-state index in [1.54, 1.807) is 17.1 Å². The van der Waals surface area contributed by atoms with Crippen LogP contribution in [-0.2, 0) is 18.6 Å². The number of ether oxygens (including phenoxy) is 3. The number of hydrogen-bond donors (Lipinski definition) is 1. The molecule has 0 spiro atoms. The summed E-state index contributed by atoms with van der Waals surface area (Å²) in [5, 5.41) is 0.0478. The van der Waals surface area contributed by atoms with Gasteiger partial charge in [0.2, 0.25) is 5.95 Å². The van der Waals surface area contributed by atoms with Crippen molar-refractivity contribution >= 4 is 31.6 Å². The van der Waals surface area contributed by atoms with E-state index in [0.717, 1.165) is 11.1 Å². The summed E-state index contributed by atoms with van der Waals surface area (Å²) >= 11 is 0. The van der Waals surface area contributed by atoms with Crippen LogP contribution in [0.25, 0.3) is 11.2 Å². The molecular formula is C30H35N5O5Si. The molecule has 41 heavy (non-hydrogen) atoms. The highest BCUT2D eigenvalue weighted by Gasteiger charge is 2.54. The predicted molar refractivity (Wildman–Crippen MR) is 158 cm³/mol. The molecule has 10 nitrogen and oxygen atoms in total. The molecule has 0 radical (unpaired) electrons. The summed E-state index contributed by atoms with van der Waals surface area (Å²) < 4.78 is 27.8. The minimum absolute atomic E-state index is 0.0478. The van der Waals surface area contributed by atoms with Gasteiger partial charge in [0.15, 0.2) is 32.0 Å². The first-order chi connectivity index (χ1) is 19.6. The molecule has 2 aliphatic rings. The second-order valence-corrected chi connectivity index (χ2v) is 16.8. The zero-order chi connectivity index (χ0) is 28.8. The Morgan fingerprint density at radius 2 is 1.71 bits per heavy atom. The van der Waals surface area contributed by atoms with Gasteiger partial charge in [0.25, 0.3) is 5.56 Å². The molecule has 5 atom stereocenters. The van der Waals surface area contributed by atoms with Gasteiger partial charge in [0.1, 0.15) is 18.3 Å². The first-order valence-corrected chi connectivity index (χ1v) is 16.7. The summed E-state index contributed by atoms with van der Waals surface area (Å²) in [6.45, 7) is 11.4. The summed E-state index contributed by atoms with van der Waals surface area (Å²) in [6, 6.07) is 19.4. The number of fused-ring (bicyclic) bond motifs is 2. The van der Waals surface area contributed by atoms with Crippen molar-refractivity contribution in [1.29, 1.82) is 0 Å². The number of nitrogens with one attached hydrogen (secondary N) is 1. The minimum Gasteiger partial charge on any atom is -0.414 e. The van der Waals surface area contributed by atoms with Crippen molar-refractivity contribution in [3.05, 3.63) is 88.5 Å². The highest BCUT2D eigenvalue weighted by Crippen LogP contribution is 2.45. The van der Waals surface area contributed by atoms with Crippen LogP contribution >= 0.6 is 0 Å². The van der Waals surface area contributed by atoms with Crippen molar-refractivity contribution in [1.82, 2.24) is 19.5 Å². The van der Waals surface area contributed by atoms with E-state index in [9.17, 15) is 4.79 Å². The maximum Gasteiger partial charge on any atom is 0.280 e. The molecule has 0 amide bonds. The molecule has 1 unspecified atom stereocenters. The molecule has 2 aliphatic heterocycles. The Bertz CT molecular complexity index is 1600. The summed E-state index contributed by atoms with van der Waals surface area (Å²) in [5.74, 6) is 0.172. The quantitative estimate of drug-likeness (QED) is 0.237. The van der Waals surface area contributed by atoms with Crippen molar-refractivity contribution in [2.75, 3.05) is 6.61 Å². The topological polar surface area (TPSA) is 113 Å². The fourth-order valence-electron chi connectivity index (χ4n) is 4.80. The Kier molecular flexibility index (Phi) is 7.24. The Morgan fingerprint density at radius 1 is 1.02 bits per heavy atom. The van der Waals surface area contributed by atoms with Crippen molar-refractivity contribution in [2.45, 2.75) is 69.7 Å². The Balaban J connectivity index is 1.33. The van der Waals surface area contributed by atoms with E-state index in [4.69, 9.17) is 18.6 Å². The third kappa shape index (κ3) is 5.43. The van der Waals surface area contributed by atoms with E-state index in [1.165, 1.54) is 0 Å². The maximum atomic E-state index is 12.9. The Labute approximate surface area is 239 Å². The number of aliphatic imine (C=N–C) groups is 1. The lowest BCUT2D eigenvalue weighted by Crippen LogP contribution is -2.44. The van der Waals surface area contributed by atoms with E-state index in [2.05, 4.69) is 53.8 Å². The van der Waals surface area contributed by atoms with Crippen molar-refractivity contribution in [3.63, 3.8) is 0 Å². The van der Waals surface area contributed by atoms with Gasteiger partial charge < -0.3 is 18.6 Å². The van der Waals surface area contributed by atoms with E-state index in [0.29, 0.717) is 12.3 Å². The summed E-state index contributed by atoms with van der Waals surface area (Å²) in [6.07, 6.45) is 0.794. The number of aromatic nitrogens is 4. The van der Waals surface area contributed by atoms with E-state index in [1.807, 2.05) is 60.7 Å². The third-order valence-electron chi connectivity index (χ3n) is 8.16. The fraction of sp³-hybridized carbons (Fsp3) is 0.400. The fourth-order valence-corrected chi connectivity index (χ4v) is 5.82. The second kappa shape index (κ2) is 10.7. The van der Waals surface area contributed by atoms with Gasteiger partial charge in [-0.3, -0.25) is 14.3 Å². The van der Waals surface area contributed by atoms with Crippen LogP contribution < -0.4 is 5.56 Å². The lowest BCUT2D eigenvalue weighted by atomic mass is 10.1. The highest BCUT2D eigenvalue weighted by molar-refractivity contribution is 6.74. The lowest BCUT2D eigenvalue weighted by molar-refractivity contribution is -0.152. The van der Waals surface area contributed by atoms with Crippen LogP contribution in [0.4, 0.5) is 5.95 Å². The average Bonchev–Trinajstić information content (AvgIpc) is 3.66. The van der Waals surface area contributed by atoms with Crippen molar-refractivity contribution < 1.29 is 18.6 Å². The lowest BCUT2D eigenvalue weighted by Gasteiger charge is -2.37. The number of rotatable bonds is 7. The molecule has 2 saturated heterocycles. The van der Waals surface area contributed by atoms with Crippen LogP contribution in [0.3, 0.4) is 0 Å². The van der Waals surface area contributed by atoms with Gasteiger partial charge in [-0.05, 0) is 23.7 Å².